The summed E-state index contributed by atoms with van der Waals surface area (Å²) in [5.74, 6) is -1.25. The standard InChI is InChI=1S/C19H15N3O5/c20-10-15-9-16(22(25)26)6-7-17(15)21-18(23)11-27-19(24)14-5-4-12-2-1-3-13(12)8-14/h4-9H,1-3,11H2,(H,21,23). The Morgan fingerprint density at radius 3 is 2.70 bits per heavy atom. The van der Waals surface area contributed by atoms with Crippen LogP contribution in [0.4, 0.5) is 11.4 Å². The van der Waals surface area contributed by atoms with Gasteiger partial charge in [-0.2, -0.15) is 5.26 Å². The van der Waals surface area contributed by atoms with E-state index in [1.54, 1.807) is 18.2 Å². The molecule has 2 aromatic carbocycles. The molecular formula is C19H15N3O5. The lowest BCUT2D eigenvalue weighted by molar-refractivity contribution is -0.384. The van der Waals surface area contributed by atoms with Crippen molar-refractivity contribution in [1.29, 1.82) is 5.26 Å². The van der Waals surface area contributed by atoms with Crippen LogP contribution in [0.1, 0.15) is 33.5 Å². The predicted molar refractivity (Wildman–Crippen MR) is 95.2 cm³/mol. The van der Waals surface area contributed by atoms with E-state index in [0.717, 1.165) is 30.9 Å². The van der Waals surface area contributed by atoms with Crippen molar-refractivity contribution >= 4 is 23.3 Å². The minimum Gasteiger partial charge on any atom is -0.452 e. The van der Waals surface area contributed by atoms with Crippen molar-refractivity contribution in [3.8, 4) is 6.07 Å². The second-order valence-electron chi connectivity index (χ2n) is 6.06. The van der Waals surface area contributed by atoms with Crippen LogP contribution in [-0.2, 0) is 22.4 Å². The molecule has 0 saturated carbocycles. The van der Waals surface area contributed by atoms with Gasteiger partial charge in [0.25, 0.3) is 11.6 Å². The van der Waals surface area contributed by atoms with Crippen LogP contribution >= 0.6 is 0 Å². The van der Waals surface area contributed by atoms with Gasteiger partial charge in [-0.25, -0.2) is 4.79 Å². The lowest BCUT2D eigenvalue weighted by Gasteiger charge is -2.08. The van der Waals surface area contributed by atoms with Crippen LogP contribution in [-0.4, -0.2) is 23.4 Å². The van der Waals surface area contributed by atoms with E-state index >= 15 is 0 Å². The normalized spacial score (nSPS) is 12.0. The van der Waals surface area contributed by atoms with Crippen LogP contribution in [0.3, 0.4) is 0 Å². The second-order valence-corrected chi connectivity index (χ2v) is 6.06. The van der Waals surface area contributed by atoms with Gasteiger partial charge in [0.2, 0.25) is 0 Å². The van der Waals surface area contributed by atoms with E-state index in [4.69, 9.17) is 10.00 Å². The van der Waals surface area contributed by atoms with Gasteiger partial charge in [0.1, 0.15) is 6.07 Å². The summed E-state index contributed by atoms with van der Waals surface area (Å²) in [6.07, 6.45) is 2.99. The number of nitro groups is 1. The molecule has 0 aromatic heterocycles. The maximum absolute atomic E-state index is 12.1. The third-order valence-electron chi connectivity index (χ3n) is 4.28. The molecule has 0 saturated heterocycles. The molecule has 0 heterocycles. The molecule has 0 spiro atoms. The summed E-state index contributed by atoms with van der Waals surface area (Å²) in [6, 6.07) is 10.6. The number of benzene rings is 2. The highest BCUT2D eigenvalue weighted by Gasteiger charge is 2.17. The molecule has 0 radical (unpaired) electrons. The fourth-order valence-electron chi connectivity index (χ4n) is 2.95. The number of aryl methyl sites for hydroxylation is 2. The molecule has 136 valence electrons. The second kappa shape index (κ2) is 7.66. The number of non-ortho nitro benzene ring substituents is 1. The molecule has 3 rings (SSSR count). The fraction of sp³-hybridized carbons (Fsp3) is 0.211. The fourth-order valence-corrected chi connectivity index (χ4v) is 2.95. The van der Waals surface area contributed by atoms with Crippen LogP contribution in [0, 0.1) is 21.4 Å². The van der Waals surface area contributed by atoms with Gasteiger partial charge in [0, 0.05) is 12.1 Å². The third-order valence-corrected chi connectivity index (χ3v) is 4.28. The number of fused-ring (bicyclic) bond motifs is 1. The first-order valence-electron chi connectivity index (χ1n) is 8.25. The van der Waals surface area contributed by atoms with Gasteiger partial charge in [-0.3, -0.25) is 14.9 Å². The molecule has 0 fully saturated rings. The summed E-state index contributed by atoms with van der Waals surface area (Å²) in [5, 5.41) is 22.2. The number of hydrogen-bond donors (Lipinski definition) is 1. The van der Waals surface area contributed by atoms with E-state index in [-0.39, 0.29) is 16.9 Å². The highest BCUT2D eigenvalue weighted by molar-refractivity contribution is 5.96. The SMILES string of the molecule is N#Cc1cc([N+](=O)[O-])ccc1NC(=O)COC(=O)c1ccc2c(c1)CCC2. The van der Waals surface area contributed by atoms with E-state index in [1.807, 2.05) is 6.07 Å². The van der Waals surface area contributed by atoms with Crippen LogP contribution in [0.25, 0.3) is 0 Å². The number of nitro benzene ring substituents is 1. The van der Waals surface area contributed by atoms with E-state index < -0.39 is 23.4 Å². The first-order valence-corrected chi connectivity index (χ1v) is 8.25. The van der Waals surface area contributed by atoms with Crippen molar-refractivity contribution in [2.75, 3.05) is 11.9 Å². The average Bonchev–Trinajstić information content (AvgIpc) is 3.14. The minimum atomic E-state index is -0.644. The van der Waals surface area contributed by atoms with Gasteiger partial charge >= 0.3 is 5.97 Å². The number of hydrogen-bond acceptors (Lipinski definition) is 6. The molecule has 1 aliphatic carbocycles. The molecule has 0 unspecified atom stereocenters. The Bertz CT molecular complexity index is 978. The van der Waals surface area contributed by atoms with Crippen LogP contribution in [0.5, 0.6) is 0 Å². The van der Waals surface area contributed by atoms with Crippen molar-refractivity contribution in [3.63, 3.8) is 0 Å². The number of carbonyl (C=O) groups excluding carboxylic acids is 2. The lowest BCUT2D eigenvalue weighted by atomic mass is 10.1. The molecule has 2 aromatic rings. The maximum atomic E-state index is 12.1. The van der Waals surface area contributed by atoms with Crippen LogP contribution < -0.4 is 5.32 Å². The highest BCUT2D eigenvalue weighted by Crippen LogP contribution is 2.23. The summed E-state index contributed by atoms with van der Waals surface area (Å²) in [6.45, 7) is -0.530. The van der Waals surface area contributed by atoms with Gasteiger partial charge in [0.05, 0.1) is 21.7 Å². The number of nitrogens with one attached hydrogen (secondary N) is 1. The molecule has 1 amide bonds. The van der Waals surface area contributed by atoms with Crippen molar-refractivity contribution in [2.24, 2.45) is 0 Å². The number of esters is 1. The van der Waals surface area contributed by atoms with Gasteiger partial charge < -0.3 is 10.1 Å². The molecule has 0 bridgehead atoms. The number of carbonyl (C=O) groups is 2. The zero-order valence-electron chi connectivity index (χ0n) is 14.2. The summed E-state index contributed by atoms with van der Waals surface area (Å²) in [7, 11) is 0. The Morgan fingerprint density at radius 2 is 1.96 bits per heavy atom. The number of ether oxygens (including phenoxy) is 1. The molecule has 1 aliphatic rings. The Kier molecular flexibility index (Phi) is 5.13. The average molecular weight is 365 g/mol. The maximum Gasteiger partial charge on any atom is 0.338 e. The number of anilines is 1. The van der Waals surface area contributed by atoms with Gasteiger partial charge in [0.15, 0.2) is 6.61 Å². The number of amides is 1. The van der Waals surface area contributed by atoms with E-state index in [9.17, 15) is 19.7 Å². The first-order chi connectivity index (χ1) is 13.0. The first kappa shape index (κ1) is 18.1. The van der Waals surface area contributed by atoms with E-state index in [0.29, 0.717) is 5.56 Å². The Hall–Kier alpha value is -3.73. The van der Waals surface area contributed by atoms with Crippen molar-refractivity contribution in [2.45, 2.75) is 19.3 Å². The molecule has 1 N–H and O–H groups in total. The minimum absolute atomic E-state index is 0.0532. The highest BCUT2D eigenvalue weighted by atomic mass is 16.6. The molecular weight excluding hydrogens is 350 g/mol. The lowest BCUT2D eigenvalue weighted by Crippen LogP contribution is -2.21. The van der Waals surface area contributed by atoms with E-state index in [2.05, 4.69) is 5.32 Å². The monoisotopic (exact) mass is 365 g/mol. The summed E-state index contributed by atoms with van der Waals surface area (Å²) in [4.78, 5) is 34.2. The number of rotatable bonds is 5. The smallest absolute Gasteiger partial charge is 0.338 e. The Morgan fingerprint density at radius 1 is 1.19 bits per heavy atom. The van der Waals surface area contributed by atoms with Crippen LogP contribution in [0.2, 0.25) is 0 Å². The number of nitrogens with zero attached hydrogens (tertiary/aromatic N) is 2. The van der Waals surface area contributed by atoms with E-state index in [1.165, 1.54) is 17.7 Å². The zero-order chi connectivity index (χ0) is 19.4. The van der Waals surface area contributed by atoms with Gasteiger partial charge in [-0.15, -0.1) is 0 Å². The molecule has 27 heavy (non-hydrogen) atoms. The van der Waals surface area contributed by atoms with Gasteiger partial charge in [-0.1, -0.05) is 6.07 Å². The molecule has 0 aliphatic heterocycles. The third kappa shape index (κ3) is 4.10. The topological polar surface area (TPSA) is 122 Å². The largest absolute Gasteiger partial charge is 0.452 e. The number of nitriles is 1. The van der Waals surface area contributed by atoms with Crippen molar-refractivity contribution < 1.29 is 19.2 Å². The molecule has 0 atom stereocenters. The zero-order valence-corrected chi connectivity index (χ0v) is 14.2. The Labute approximate surface area is 154 Å². The summed E-state index contributed by atoms with van der Waals surface area (Å²) < 4.78 is 5.02. The molecule has 8 nitrogen and oxygen atoms in total. The summed E-state index contributed by atoms with van der Waals surface area (Å²) in [5.41, 5.74) is 2.54. The van der Waals surface area contributed by atoms with Crippen molar-refractivity contribution in [3.05, 3.63) is 68.8 Å². The van der Waals surface area contributed by atoms with Gasteiger partial charge in [-0.05, 0) is 48.6 Å². The van der Waals surface area contributed by atoms with Crippen LogP contribution in [0.15, 0.2) is 36.4 Å². The quantitative estimate of drug-likeness (QED) is 0.494. The Balaban J connectivity index is 1.61. The predicted octanol–water partition coefficient (Wildman–Crippen LogP) is 2.75. The van der Waals surface area contributed by atoms with Crippen molar-refractivity contribution in [1.82, 2.24) is 0 Å². The molecule has 8 heteroatoms. The summed E-state index contributed by atoms with van der Waals surface area (Å²) >= 11 is 0.